The van der Waals surface area contributed by atoms with Crippen molar-refractivity contribution < 1.29 is 21.6 Å². The summed E-state index contributed by atoms with van der Waals surface area (Å²) in [4.78, 5) is 0. The van der Waals surface area contributed by atoms with Crippen LogP contribution in [-0.4, -0.2) is 12.1 Å². The largest absolute Gasteiger partial charge is 0.184 e. The van der Waals surface area contributed by atoms with E-state index in [9.17, 15) is 0 Å². The van der Waals surface area contributed by atoms with Gasteiger partial charge in [-0.1, -0.05) is 96.1 Å². The molecule has 0 heterocycles. The number of fused-ring (bicyclic) bond motifs is 2. The van der Waals surface area contributed by atoms with Crippen molar-refractivity contribution in [1.29, 1.82) is 0 Å². The predicted octanol–water partition coefficient (Wildman–Crippen LogP) is 10.4. The zero-order valence-electron chi connectivity index (χ0n) is 23.0. The van der Waals surface area contributed by atoms with Gasteiger partial charge in [-0.25, -0.2) is 12.2 Å². The Labute approximate surface area is 278 Å². The van der Waals surface area contributed by atoms with Crippen molar-refractivity contribution in [2.45, 2.75) is 12.8 Å². The van der Waals surface area contributed by atoms with Gasteiger partial charge in [-0.05, 0) is 21.5 Å². The summed E-state index contributed by atoms with van der Waals surface area (Å²) in [6, 6.07) is 42.4. The molecule has 2 aliphatic rings. The normalized spacial score (nSPS) is 11.9. The summed E-state index contributed by atoms with van der Waals surface area (Å²) in [5.74, 6) is 0. The van der Waals surface area contributed by atoms with Crippen LogP contribution in [0.5, 0.6) is 0 Å². The zero-order valence-corrected chi connectivity index (χ0v) is 29.2. The molecule has 2 radical (unpaired) electrons. The van der Waals surface area contributed by atoms with Crippen LogP contribution in [0.3, 0.4) is 0 Å². The Balaban J connectivity index is 0.000000308. The maximum atomic E-state index is 3.22. The molecule has 5 aromatic carbocycles. The number of hydrogen-bond donors (Lipinski definition) is 0. The van der Waals surface area contributed by atoms with Gasteiger partial charge < -0.3 is 7.43 Å². The molecule has 4 heteroatoms. The molecule has 206 valence electrons. The summed E-state index contributed by atoms with van der Waals surface area (Å²) in [5.41, 5.74) is 5.23. The van der Waals surface area contributed by atoms with Gasteiger partial charge in [-0.2, -0.15) is 59.7 Å². The van der Waals surface area contributed by atoms with Gasteiger partial charge in [0.25, 0.3) is 0 Å². The second-order valence-corrected chi connectivity index (χ2v) is 8.55. The van der Waals surface area contributed by atoms with Crippen molar-refractivity contribution >= 4 is 69.6 Å². The summed E-state index contributed by atoms with van der Waals surface area (Å²) in [6.07, 6.45) is 16.9. The van der Waals surface area contributed by atoms with Crippen molar-refractivity contribution in [3.05, 3.63) is 176 Å². The van der Waals surface area contributed by atoms with Crippen molar-refractivity contribution in [2.75, 3.05) is 0 Å². The molecule has 0 bridgehead atoms. The molecule has 0 nitrogen and oxygen atoms in total. The molecule has 5 aromatic rings. The first-order valence-electron chi connectivity index (χ1n) is 12.6. The molecule has 0 unspecified atom stereocenters. The summed E-state index contributed by atoms with van der Waals surface area (Å²) in [6.45, 7) is 0. The number of hydrogen-bond acceptors (Lipinski definition) is 0. The fourth-order valence-corrected chi connectivity index (χ4v) is 4.46. The summed E-state index contributed by atoms with van der Waals surface area (Å²) in [7, 11) is 0. The van der Waals surface area contributed by atoms with Gasteiger partial charge in [0.05, 0.1) is 0 Å². The van der Waals surface area contributed by atoms with Gasteiger partial charge in [-0.15, -0.1) is 37.7 Å². The Kier molecular flexibility index (Phi) is 18.3. The van der Waals surface area contributed by atoms with E-state index < -0.39 is 0 Å². The third kappa shape index (κ3) is 10.4. The third-order valence-electron chi connectivity index (χ3n) is 6.20. The molecular weight excluding hydrogens is 679 g/mol. The van der Waals surface area contributed by atoms with E-state index in [-0.39, 0.29) is 32.2 Å². The Morgan fingerprint density at radius 3 is 1.27 bits per heavy atom. The van der Waals surface area contributed by atoms with Crippen LogP contribution in [0.15, 0.2) is 140 Å². The van der Waals surface area contributed by atoms with Crippen LogP contribution in [0.4, 0.5) is 0 Å². The number of rotatable bonds is 2. The van der Waals surface area contributed by atoms with Crippen molar-refractivity contribution in [2.24, 2.45) is 0 Å². The summed E-state index contributed by atoms with van der Waals surface area (Å²) < 4.78 is 0. The Morgan fingerprint density at radius 1 is 0.512 bits per heavy atom. The molecule has 7 rings (SSSR count). The molecule has 0 spiro atoms. The number of allylic oxidation sites excluding steroid dienone is 8. The van der Waals surface area contributed by atoms with Crippen LogP contribution in [0, 0.1) is 25.6 Å². The van der Waals surface area contributed by atoms with Gasteiger partial charge in [-0.3, -0.25) is 12.2 Å². The Morgan fingerprint density at radius 2 is 0.927 bits per heavy atom. The van der Waals surface area contributed by atoms with Gasteiger partial charge in [0.1, 0.15) is 0 Å². The minimum Gasteiger partial charge on any atom is -0.184 e. The van der Waals surface area contributed by atoms with E-state index in [1.807, 2.05) is 30.3 Å². The van der Waals surface area contributed by atoms with E-state index in [0.29, 0.717) is 0 Å². The second kappa shape index (κ2) is 20.5. The molecule has 0 aromatic heterocycles. The molecule has 0 saturated heterocycles. The minimum atomic E-state index is 0. The minimum absolute atomic E-state index is 0. The standard InChI is InChI=1S/2C15H11.C6H5.CH3.2ClH.Ge.Zr/c2*1-2-7-12(6-1)15-11-5-9-13-8-3-4-10-14(13)15;1-2-4-6-5-3-1;;;;;/h2*3-11H,1H2;1-5H;1H3;2*1H;;/q4*-1;;;;. The maximum absolute atomic E-state index is 3.22. The molecule has 0 atom stereocenters. The Bertz CT molecular complexity index is 1460. The fraction of sp³-hybridized carbons (Fsp3) is 0.0541. The topological polar surface area (TPSA) is 0 Å². The van der Waals surface area contributed by atoms with Gasteiger partial charge in [0, 0.05) is 0 Å². The first-order chi connectivity index (χ1) is 18.9. The average molecular weight is 711 g/mol. The van der Waals surface area contributed by atoms with Crippen LogP contribution < -0.4 is 0 Å². The van der Waals surface area contributed by atoms with Crippen LogP contribution in [0.2, 0.25) is 0 Å². The molecule has 0 amide bonds. The van der Waals surface area contributed by atoms with E-state index in [4.69, 9.17) is 0 Å². The molecule has 0 fully saturated rings. The van der Waals surface area contributed by atoms with Crippen LogP contribution in [0.25, 0.3) is 32.7 Å². The van der Waals surface area contributed by atoms with Gasteiger partial charge >= 0.3 is 33.7 Å². The fourth-order valence-electron chi connectivity index (χ4n) is 4.46. The molecule has 0 aliphatic heterocycles. The van der Waals surface area contributed by atoms with E-state index >= 15 is 0 Å². The summed E-state index contributed by atoms with van der Waals surface area (Å²) >= 11 is 3.64. The predicted molar refractivity (Wildman–Crippen MR) is 181 cm³/mol. The molecule has 2 aliphatic carbocycles. The van der Waals surface area contributed by atoms with E-state index in [1.165, 1.54) is 43.8 Å². The molecule has 41 heavy (non-hydrogen) atoms. The maximum Gasteiger partial charge on any atom is -0.171 e. The van der Waals surface area contributed by atoms with E-state index in [1.54, 1.807) is 21.6 Å². The van der Waals surface area contributed by atoms with Gasteiger partial charge in [0.2, 0.25) is 0 Å². The third-order valence-corrected chi connectivity index (χ3v) is 6.20. The van der Waals surface area contributed by atoms with Crippen LogP contribution in [0.1, 0.15) is 24.0 Å². The quantitative estimate of drug-likeness (QED) is 0.126. The van der Waals surface area contributed by atoms with Crippen molar-refractivity contribution in [3.8, 4) is 0 Å². The van der Waals surface area contributed by atoms with Crippen LogP contribution in [-0.2, 0) is 21.6 Å². The SMILES string of the molecule is Cl.Cl.[C-]1=CC(c2cccc3ccccc23)=CC1.[C-]1=CC(c2cccc3ccccc23)=CC1.[CH3-].[Ge]=[Zr].[c-]1ccccc1. The van der Waals surface area contributed by atoms with Crippen molar-refractivity contribution in [3.63, 3.8) is 0 Å². The van der Waals surface area contributed by atoms with Crippen LogP contribution >= 0.6 is 24.8 Å². The first kappa shape index (κ1) is 36.6. The molecular formula is C37H32Cl2GeZr-4. The smallest absolute Gasteiger partial charge is 0.171 e. The second-order valence-electron chi connectivity index (χ2n) is 8.55. The van der Waals surface area contributed by atoms with Gasteiger partial charge in [0.15, 0.2) is 0 Å². The molecule has 0 N–H and O–H groups in total. The van der Waals surface area contributed by atoms with Crippen molar-refractivity contribution in [1.82, 2.24) is 0 Å². The average Bonchev–Trinajstić information content (AvgIpc) is 3.75. The monoisotopic (exact) mass is 710 g/mol. The van der Waals surface area contributed by atoms with E-state index in [2.05, 4.69) is 140 Å². The zero-order chi connectivity index (χ0) is 26.4. The summed E-state index contributed by atoms with van der Waals surface area (Å²) in [5, 5.41) is 5.25. The number of halogens is 2. The Hall–Kier alpha value is -2.41. The molecule has 0 saturated carbocycles. The van der Waals surface area contributed by atoms with E-state index in [0.717, 1.165) is 12.8 Å². The number of benzene rings is 5. The first-order valence-corrected chi connectivity index (χ1v) is 20.0.